The first-order valence-electron chi connectivity index (χ1n) is 8.14. The second-order valence-electron chi connectivity index (χ2n) is 6.07. The van der Waals surface area contributed by atoms with Crippen molar-refractivity contribution in [3.05, 3.63) is 76.7 Å². The molecule has 28 heavy (non-hydrogen) atoms. The molecular formula is C19H15ClF3N3O2. The molecule has 2 aromatic heterocycles. The van der Waals surface area contributed by atoms with Crippen LogP contribution in [-0.2, 0) is 17.3 Å². The lowest BCUT2D eigenvalue weighted by Crippen LogP contribution is -2.07. The summed E-state index contributed by atoms with van der Waals surface area (Å²) in [6.07, 6.45) is 5.65. The van der Waals surface area contributed by atoms with Gasteiger partial charge in [0.1, 0.15) is 11.6 Å². The van der Waals surface area contributed by atoms with Gasteiger partial charge >= 0.3 is 5.92 Å². The highest BCUT2D eigenvalue weighted by Crippen LogP contribution is 2.28. The summed E-state index contributed by atoms with van der Waals surface area (Å²) in [5.74, 6) is -4.08. The van der Waals surface area contributed by atoms with E-state index < -0.39 is 23.4 Å². The van der Waals surface area contributed by atoms with Gasteiger partial charge in [-0.15, -0.1) is 0 Å². The maximum absolute atomic E-state index is 13.2. The second kappa shape index (κ2) is 7.93. The van der Waals surface area contributed by atoms with Crippen molar-refractivity contribution in [2.75, 3.05) is 5.32 Å². The molecule has 1 aromatic carbocycles. The molecule has 3 aromatic rings. The Morgan fingerprint density at radius 3 is 2.82 bits per heavy atom. The SMILES string of the molecule is CC(F)(F)c1ccc(Cn2cc(NC(=O)C=Cc3ccc(F)cc3Cl)cn2)o1. The van der Waals surface area contributed by atoms with E-state index in [0.717, 1.165) is 13.0 Å². The minimum atomic E-state index is -3.05. The molecule has 146 valence electrons. The maximum atomic E-state index is 13.2. The zero-order chi connectivity index (χ0) is 20.3. The standard InChI is InChI=1S/C19H15ClF3N3O2/c1-19(22,23)17-6-5-15(28-17)11-26-10-14(9-24-26)25-18(27)7-3-12-2-4-13(21)8-16(12)20/h2-10H,11H2,1H3,(H,25,27). The summed E-state index contributed by atoms with van der Waals surface area (Å²) < 4.78 is 45.9. The van der Waals surface area contributed by atoms with E-state index in [1.54, 1.807) is 0 Å². The molecule has 1 amide bonds. The fraction of sp³-hybridized carbons (Fsp3) is 0.158. The van der Waals surface area contributed by atoms with Crippen LogP contribution in [0.25, 0.3) is 6.08 Å². The Labute approximate surface area is 163 Å². The van der Waals surface area contributed by atoms with Crippen molar-refractivity contribution in [1.29, 1.82) is 0 Å². The van der Waals surface area contributed by atoms with Crippen LogP contribution in [0.2, 0.25) is 5.02 Å². The van der Waals surface area contributed by atoms with Gasteiger partial charge in [-0.25, -0.2) is 4.39 Å². The van der Waals surface area contributed by atoms with Gasteiger partial charge in [0.25, 0.3) is 0 Å². The zero-order valence-corrected chi connectivity index (χ0v) is 15.4. The number of hydrogen-bond donors (Lipinski definition) is 1. The third kappa shape index (κ3) is 5.04. The lowest BCUT2D eigenvalue weighted by atomic mass is 10.2. The molecule has 0 bridgehead atoms. The van der Waals surface area contributed by atoms with Crippen molar-refractivity contribution < 1.29 is 22.4 Å². The highest BCUT2D eigenvalue weighted by molar-refractivity contribution is 6.32. The van der Waals surface area contributed by atoms with E-state index in [-0.39, 0.29) is 11.6 Å². The van der Waals surface area contributed by atoms with Crippen molar-refractivity contribution in [3.8, 4) is 0 Å². The van der Waals surface area contributed by atoms with Crippen LogP contribution in [0, 0.1) is 5.82 Å². The Kier molecular flexibility index (Phi) is 5.60. The Morgan fingerprint density at radius 2 is 2.14 bits per heavy atom. The first kappa shape index (κ1) is 19.8. The highest BCUT2D eigenvalue weighted by atomic mass is 35.5. The summed E-state index contributed by atoms with van der Waals surface area (Å²) in [6.45, 7) is 0.886. The largest absolute Gasteiger partial charge is 0.458 e. The number of anilines is 1. The fourth-order valence-electron chi connectivity index (χ4n) is 2.36. The predicted octanol–water partition coefficient (Wildman–Crippen LogP) is 5.08. The number of amides is 1. The molecule has 1 N–H and O–H groups in total. The summed E-state index contributed by atoms with van der Waals surface area (Å²) in [6, 6.07) is 6.51. The minimum absolute atomic E-state index is 0.132. The lowest BCUT2D eigenvalue weighted by molar-refractivity contribution is -0.111. The summed E-state index contributed by atoms with van der Waals surface area (Å²) >= 11 is 5.89. The number of carbonyl (C=O) groups excluding carboxylic acids is 1. The molecule has 0 aliphatic carbocycles. The van der Waals surface area contributed by atoms with Crippen molar-refractivity contribution in [2.45, 2.75) is 19.4 Å². The number of nitrogens with zero attached hydrogens (tertiary/aromatic N) is 2. The van der Waals surface area contributed by atoms with Gasteiger partial charge in [0.05, 0.1) is 23.5 Å². The van der Waals surface area contributed by atoms with Crippen LogP contribution in [0.5, 0.6) is 0 Å². The topological polar surface area (TPSA) is 60.1 Å². The molecule has 0 radical (unpaired) electrons. The number of rotatable bonds is 6. The molecule has 0 saturated heterocycles. The van der Waals surface area contributed by atoms with Gasteiger partial charge in [-0.1, -0.05) is 17.7 Å². The van der Waals surface area contributed by atoms with Crippen LogP contribution in [0.3, 0.4) is 0 Å². The van der Waals surface area contributed by atoms with Gasteiger partial charge in [-0.3, -0.25) is 9.48 Å². The molecule has 0 aliphatic rings. The molecule has 9 heteroatoms. The molecule has 0 spiro atoms. The maximum Gasteiger partial charge on any atom is 0.301 e. The number of furan rings is 1. The number of alkyl halides is 2. The van der Waals surface area contributed by atoms with Crippen LogP contribution in [0.15, 0.2) is 53.2 Å². The number of nitrogens with one attached hydrogen (secondary N) is 1. The molecular weight excluding hydrogens is 395 g/mol. The second-order valence-corrected chi connectivity index (χ2v) is 6.48. The van der Waals surface area contributed by atoms with Gasteiger partial charge < -0.3 is 9.73 Å². The molecule has 0 fully saturated rings. The summed E-state index contributed by atoms with van der Waals surface area (Å²) in [4.78, 5) is 12.0. The predicted molar refractivity (Wildman–Crippen MR) is 98.7 cm³/mol. The molecule has 0 atom stereocenters. The fourth-order valence-corrected chi connectivity index (χ4v) is 2.59. The van der Waals surface area contributed by atoms with E-state index in [4.69, 9.17) is 16.0 Å². The van der Waals surface area contributed by atoms with Crippen LogP contribution in [0.1, 0.15) is 24.0 Å². The number of benzene rings is 1. The molecule has 5 nitrogen and oxygen atoms in total. The van der Waals surface area contributed by atoms with E-state index in [2.05, 4.69) is 10.4 Å². The third-order valence-electron chi connectivity index (χ3n) is 3.69. The van der Waals surface area contributed by atoms with Crippen molar-refractivity contribution in [3.63, 3.8) is 0 Å². The lowest BCUT2D eigenvalue weighted by Gasteiger charge is -2.05. The van der Waals surface area contributed by atoms with Crippen LogP contribution in [-0.4, -0.2) is 15.7 Å². The molecule has 0 aliphatic heterocycles. The van der Waals surface area contributed by atoms with Crippen LogP contribution in [0.4, 0.5) is 18.9 Å². The smallest absolute Gasteiger partial charge is 0.301 e. The molecule has 0 unspecified atom stereocenters. The van der Waals surface area contributed by atoms with E-state index >= 15 is 0 Å². The van der Waals surface area contributed by atoms with E-state index in [0.29, 0.717) is 17.0 Å². The van der Waals surface area contributed by atoms with E-state index in [9.17, 15) is 18.0 Å². The number of carbonyl (C=O) groups is 1. The van der Waals surface area contributed by atoms with Gasteiger partial charge in [0, 0.05) is 19.2 Å². The van der Waals surface area contributed by atoms with Crippen molar-refractivity contribution in [1.82, 2.24) is 9.78 Å². The molecule has 3 rings (SSSR count). The third-order valence-corrected chi connectivity index (χ3v) is 4.02. The average molecular weight is 410 g/mol. The van der Waals surface area contributed by atoms with Gasteiger partial charge in [0.2, 0.25) is 5.91 Å². The monoisotopic (exact) mass is 409 g/mol. The highest BCUT2D eigenvalue weighted by Gasteiger charge is 2.28. The molecule has 2 heterocycles. The van der Waals surface area contributed by atoms with Crippen LogP contribution >= 0.6 is 11.6 Å². The number of hydrogen-bond acceptors (Lipinski definition) is 3. The Balaban J connectivity index is 1.60. The normalized spacial score (nSPS) is 11.9. The number of aromatic nitrogens is 2. The van der Waals surface area contributed by atoms with Crippen LogP contribution < -0.4 is 5.32 Å². The minimum Gasteiger partial charge on any atom is -0.458 e. The zero-order valence-electron chi connectivity index (χ0n) is 14.6. The van der Waals surface area contributed by atoms with Gasteiger partial charge in [-0.2, -0.15) is 13.9 Å². The van der Waals surface area contributed by atoms with Crippen molar-refractivity contribution >= 4 is 29.3 Å². The first-order valence-corrected chi connectivity index (χ1v) is 8.52. The Morgan fingerprint density at radius 1 is 1.36 bits per heavy atom. The Bertz CT molecular complexity index is 1020. The van der Waals surface area contributed by atoms with Crippen molar-refractivity contribution in [2.24, 2.45) is 0 Å². The first-order chi connectivity index (χ1) is 13.2. The number of halogens is 4. The molecule has 0 saturated carbocycles. The van der Waals surface area contributed by atoms with Gasteiger partial charge in [0.15, 0.2) is 5.76 Å². The van der Waals surface area contributed by atoms with Gasteiger partial charge in [-0.05, 0) is 35.9 Å². The average Bonchev–Trinajstić information content (AvgIpc) is 3.24. The van der Waals surface area contributed by atoms with E-state index in [1.807, 2.05) is 0 Å². The Hall–Kier alpha value is -3.00. The summed E-state index contributed by atoms with van der Waals surface area (Å²) in [5.41, 5.74) is 0.905. The van der Waals surface area contributed by atoms with E-state index in [1.165, 1.54) is 53.5 Å². The summed E-state index contributed by atoms with van der Waals surface area (Å²) in [5, 5.41) is 6.83. The quantitative estimate of drug-likeness (QED) is 0.577. The summed E-state index contributed by atoms with van der Waals surface area (Å²) in [7, 11) is 0.